The van der Waals surface area contributed by atoms with Gasteiger partial charge in [0.05, 0.1) is 23.5 Å². The largest absolute Gasteiger partial charge is 0.493 e. The lowest BCUT2D eigenvalue weighted by molar-refractivity contribution is 0.0955. The van der Waals surface area contributed by atoms with Crippen LogP contribution < -0.4 is 14.9 Å². The zero-order valence-corrected chi connectivity index (χ0v) is 17.5. The molecule has 1 N–H and O–H groups in total. The molecule has 0 radical (unpaired) electrons. The lowest BCUT2D eigenvalue weighted by Crippen LogP contribution is -2.17. The van der Waals surface area contributed by atoms with Crippen molar-refractivity contribution < 1.29 is 14.3 Å². The Balaban J connectivity index is 2.10. The first-order valence-electron chi connectivity index (χ1n) is 7.14. The molecule has 0 aromatic heterocycles. The van der Waals surface area contributed by atoms with Crippen molar-refractivity contribution in [2.24, 2.45) is 5.10 Å². The van der Waals surface area contributed by atoms with E-state index in [4.69, 9.17) is 9.47 Å². The SMILES string of the molecule is CCOc1c(I)cc(/C=N\NC(=O)c2ccc(I)cc2)cc1OC. The molecule has 7 heteroatoms. The highest BCUT2D eigenvalue weighted by atomic mass is 127. The zero-order chi connectivity index (χ0) is 17.5. The normalized spacial score (nSPS) is 10.7. The van der Waals surface area contributed by atoms with Gasteiger partial charge < -0.3 is 9.47 Å². The maximum Gasteiger partial charge on any atom is 0.271 e. The van der Waals surface area contributed by atoms with Crippen molar-refractivity contribution in [2.45, 2.75) is 6.92 Å². The maximum absolute atomic E-state index is 12.0. The van der Waals surface area contributed by atoms with Crippen LogP contribution in [0.3, 0.4) is 0 Å². The molecule has 0 aliphatic heterocycles. The minimum absolute atomic E-state index is 0.254. The molecule has 0 fully saturated rings. The summed E-state index contributed by atoms with van der Waals surface area (Å²) in [6, 6.07) is 11.0. The third kappa shape index (κ3) is 5.07. The second-order valence-corrected chi connectivity index (χ2v) is 7.08. The standard InChI is InChI=1S/C17H16I2N2O3/c1-3-24-16-14(19)8-11(9-15(16)23-2)10-20-21-17(22)12-4-6-13(18)7-5-12/h4-10H,3H2,1-2H3,(H,21,22)/b20-10-. The van der Waals surface area contributed by atoms with Crippen molar-refractivity contribution >= 4 is 57.3 Å². The third-order valence-corrected chi connectivity index (χ3v) is 4.55. The van der Waals surface area contributed by atoms with Gasteiger partial charge in [-0.2, -0.15) is 5.10 Å². The van der Waals surface area contributed by atoms with Crippen LogP contribution in [0.4, 0.5) is 0 Å². The summed E-state index contributed by atoms with van der Waals surface area (Å²) in [6.07, 6.45) is 1.57. The first-order valence-corrected chi connectivity index (χ1v) is 9.30. The quantitative estimate of drug-likeness (QED) is 0.336. The van der Waals surface area contributed by atoms with Crippen LogP contribution in [-0.4, -0.2) is 25.8 Å². The Hall–Kier alpha value is -1.36. The molecule has 2 aromatic carbocycles. The maximum atomic E-state index is 12.0. The molecule has 0 saturated heterocycles. The summed E-state index contributed by atoms with van der Waals surface area (Å²) in [5.41, 5.74) is 3.89. The average molecular weight is 550 g/mol. The number of hydrogen-bond donors (Lipinski definition) is 1. The molecule has 0 atom stereocenters. The van der Waals surface area contributed by atoms with Crippen LogP contribution in [0.2, 0.25) is 0 Å². The van der Waals surface area contributed by atoms with E-state index >= 15 is 0 Å². The lowest BCUT2D eigenvalue weighted by atomic mass is 10.2. The molecule has 5 nitrogen and oxygen atoms in total. The number of hydrazone groups is 1. The number of methoxy groups -OCH3 is 1. The molecular formula is C17H16I2N2O3. The summed E-state index contributed by atoms with van der Waals surface area (Å²) in [7, 11) is 1.59. The summed E-state index contributed by atoms with van der Waals surface area (Å²) < 4.78 is 12.9. The van der Waals surface area contributed by atoms with Crippen LogP contribution in [0.5, 0.6) is 11.5 Å². The Bertz CT molecular complexity index is 746. The molecule has 0 aliphatic rings. The number of carbonyl (C=O) groups excluding carboxylic acids is 1. The smallest absolute Gasteiger partial charge is 0.271 e. The highest BCUT2D eigenvalue weighted by Gasteiger charge is 2.10. The summed E-state index contributed by atoms with van der Waals surface area (Å²) in [6.45, 7) is 2.48. The highest BCUT2D eigenvalue weighted by Crippen LogP contribution is 2.33. The number of hydrogen-bond acceptors (Lipinski definition) is 4. The molecule has 0 spiro atoms. The molecule has 24 heavy (non-hydrogen) atoms. The molecule has 126 valence electrons. The van der Waals surface area contributed by atoms with Gasteiger partial charge in [0, 0.05) is 9.13 Å². The first kappa shape index (κ1) is 19.0. The topological polar surface area (TPSA) is 59.9 Å². The molecule has 0 heterocycles. The number of ether oxygens (including phenoxy) is 2. The Kier molecular flexibility index (Phi) is 7.28. The summed E-state index contributed by atoms with van der Waals surface area (Å²) >= 11 is 4.37. The van der Waals surface area contributed by atoms with E-state index < -0.39 is 0 Å². The minimum atomic E-state index is -0.254. The molecule has 2 aromatic rings. The van der Waals surface area contributed by atoms with Gasteiger partial charge in [-0.15, -0.1) is 0 Å². The number of nitrogens with one attached hydrogen (secondary N) is 1. The van der Waals surface area contributed by atoms with Gasteiger partial charge in [0.2, 0.25) is 0 Å². The van der Waals surface area contributed by atoms with E-state index in [1.807, 2.05) is 31.2 Å². The molecule has 0 aliphatic carbocycles. The van der Waals surface area contributed by atoms with Crippen molar-refractivity contribution in [1.82, 2.24) is 5.43 Å². The van der Waals surface area contributed by atoms with E-state index in [-0.39, 0.29) is 5.91 Å². The number of amides is 1. The second-order valence-electron chi connectivity index (χ2n) is 4.67. The van der Waals surface area contributed by atoms with Crippen LogP contribution in [0, 0.1) is 7.14 Å². The predicted molar refractivity (Wildman–Crippen MR) is 111 cm³/mol. The predicted octanol–water partition coefficient (Wildman–Crippen LogP) is 4.07. The number of nitrogens with zero attached hydrogens (tertiary/aromatic N) is 1. The number of benzene rings is 2. The highest BCUT2D eigenvalue weighted by molar-refractivity contribution is 14.1. The van der Waals surface area contributed by atoms with E-state index in [1.165, 1.54) is 0 Å². The monoisotopic (exact) mass is 550 g/mol. The summed E-state index contributed by atoms with van der Waals surface area (Å²) in [4.78, 5) is 12.0. The van der Waals surface area contributed by atoms with Gasteiger partial charge in [0.15, 0.2) is 11.5 Å². The summed E-state index contributed by atoms with van der Waals surface area (Å²) in [5.74, 6) is 1.09. The van der Waals surface area contributed by atoms with Gasteiger partial charge in [-0.05, 0) is 94.1 Å². The first-order chi connectivity index (χ1) is 11.5. The van der Waals surface area contributed by atoms with Crippen LogP contribution in [-0.2, 0) is 0 Å². The fraction of sp³-hybridized carbons (Fsp3) is 0.176. The number of carbonyl (C=O) groups is 1. The van der Waals surface area contributed by atoms with Gasteiger partial charge in [-0.1, -0.05) is 0 Å². The fourth-order valence-corrected chi connectivity index (χ4v) is 3.07. The van der Waals surface area contributed by atoms with Gasteiger partial charge in [-0.3, -0.25) is 4.79 Å². The molecule has 1 amide bonds. The van der Waals surface area contributed by atoms with Gasteiger partial charge in [-0.25, -0.2) is 5.43 Å². The minimum Gasteiger partial charge on any atom is -0.493 e. The number of rotatable bonds is 6. The van der Waals surface area contributed by atoms with Crippen LogP contribution >= 0.6 is 45.2 Å². The number of halogens is 2. The molecular weight excluding hydrogens is 534 g/mol. The van der Waals surface area contributed by atoms with Crippen LogP contribution in [0.25, 0.3) is 0 Å². The van der Waals surface area contributed by atoms with Crippen molar-refractivity contribution in [3.63, 3.8) is 0 Å². The Morgan fingerprint density at radius 1 is 1.25 bits per heavy atom. The van der Waals surface area contributed by atoms with E-state index in [1.54, 1.807) is 25.5 Å². The van der Waals surface area contributed by atoms with E-state index in [0.717, 1.165) is 12.7 Å². The van der Waals surface area contributed by atoms with Gasteiger partial charge in [0.1, 0.15) is 0 Å². The molecule has 0 unspecified atom stereocenters. The molecule has 0 bridgehead atoms. The third-order valence-electron chi connectivity index (χ3n) is 3.03. The average Bonchev–Trinajstić information content (AvgIpc) is 2.57. The van der Waals surface area contributed by atoms with E-state index in [0.29, 0.717) is 23.7 Å². The van der Waals surface area contributed by atoms with Crippen molar-refractivity contribution in [1.29, 1.82) is 0 Å². The van der Waals surface area contributed by atoms with E-state index in [2.05, 4.69) is 55.7 Å². The van der Waals surface area contributed by atoms with E-state index in [9.17, 15) is 4.79 Å². The molecule has 0 saturated carbocycles. The summed E-state index contributed by atoms with van der Waals surface area (Å²) in [5, 5.41) is 4.01. The Labute approximate surface area is 168 Å². The lowest BCUT2D eigenvalue weighted by Gasteiger charge is -2.12. The van der Waals surface area contributed by atoms with Crippen molar-refractivity contribution in [3.05, 3.63) is 54.7 Å². The fourth-order valence-electron chi connectivity index (χ4n) is 1.93. The van der Waals surface area contributed by atoms with Crippen molar-refractivity contribution in [2.75, 3.05) is 13.7 Å². The second kappa shape index (κ2) is 9.21. The van der Waals surface area contributed by atoms with Gasteiger partial charge >= 0.3 is 0 Å². The van der Waals surface area contributed by atoms with Crippen LogP contribution in [0.15, 0.2) is 41.5 Å². The van der Waals surface area contributed by atoms with Crippen LogP contribution in [0.1, 0.15) is 22.8 Å². The molecule has 2 rings (SSSR count). The zero-order valence-electron chi connectivity index (χ0n) is 13.2. The van der Waals surface area contributed by atoms with Crippen molar-refractivity contribution in [3.8, 4) is 11.5 Å². The van der Waals surface area contributed by atoms with Gasteiger partial charge in [0.25, 0.3) is 5.91 Å². The Morgan fingerprint density at radius 3 is 2.58 bits per heavy atom. The Morgan fingerprint density at radius 2 is 1.96 bits per heavy atom.